The minimum absolute atomic E-state index is 0.0908. The highest BCUT2D eigenvalue weighted by molar-refractivity contribution is 6.03. The average molecular weight is 381 g/mol. The highest BCUT2D eigenvalue weighted by atomic mass is 16.5. The Hall–Kier alpha value is -3.08. The van der Waals surface area contributed by atoms with Crippen molar-refractivity contribution < 1.29 is 19.1 Å². The standard InChI is InChI=1S/C23H27NO4/c1-6-28-20-13-9-18(15-21(20)27-5)10-14-22(25)24(4)17(3)23(26)19-11-7-16(2)8-12-19/h7-15,17H,6H2,1-5H3/b14-10+. The lowest BCUT2D eigenvalue weighted by Crippen LogP contribution is -2.39. The summed E-state index contributed by atoms with van der Waals surface area (Å²) in [6.07, 6.45) is 3.15. The average Bonchev–Trinajstić information content (AvgIpc) is 2.71. The van der Waals surface area contributed by atoms with Crippen LogP contribution in [0.15, 0.2) is 48.5 Å². The molecule has 0 aromatic heterocycles. The number of carbonyl (C=O) groups excluding carboxylic acids is 2. The van der Waals surface area contributed by atoms with Crippen LogP contribution in [0.1, 0.15) is 35.3 Å². The van der Waals surface area contributed by atoms with Gasteiger partial charge in [-0.2, -0.15) is 0 Å². The van der Waals surface area contributed by atoms with Crippen LogP contribution in [0.25, 0.3) is 6.08 Å². The van der Waals surface area contributed by atoms with E-state index in [1.54, 1.807) is 51.4 Å². The number of nitrogens with zero attached hydrogens (tertiary/aromatic N) is 1. The maximum Gasteiger partial charge on any atom is 0.246 e. The van der Waals surface area contributed by atoms with Crippen LogP contribution in [-0.4, -0.2) is 43.4 Å². The summed E-state index contributed by atoms with van der Waals surface area (Å²) in [6.45, 7) is 6.14. The molecule has 1 amide bonds. The molecule has 0 bridgehead atoms. The third-order valence-electron chi connectivity index (χ3n) is 4.55. The maximum atomic E-state index is 12.6. The molecule has 0 N–H and O–H groups in total. The second kappa shape index (κ2) is 9.74. The van der Waals surface area contributed by atoms with Crippen LogP contribution >= 0.6 is 0 Å². The zero-order valence-corrected chi connectivity index (χ0v) is 17.1. The minimum atomic E-state index is -0.560. The first-order valence-electron chi connectivity index (χ1n) is 9.24. The van der Waals surface area contributed by atoms with E-state index in [0.717, 1.165) is 11.1 Å². The molecule has 5 nitrogen and oxygen atoms in total. The Kier molecular flexibility index (Phi) is 7.38. The van der Waals surface area contributed by atoms with E-state index in [0.29, 0.717) is 23.7 Å². The van der Waals surface area contributed by atoms with Crippen molar-refractivity contribution in [3.63, 3.8) is 0 Å². The van der Waals surface area contributed by atoms with Crippen molar-refractivity contribution >= 4 is 17.8 Å². The van der Waals surface area contributed by atoms with Crippen molar-refractivity contribution in [1.29, 1.82) is 0 Å². The van der Waals surface area contributed by atoms with E-state index >= 15 is 0 Å². The van der Waals surface area contributed by atoms with Crippen molar-refractivity contribution in [3.05, 3.63) is 65.2 Å². The second-order valence-electron chi connectivity index (χ2n) is 6.53. The molecule has 0 radical (unpaired) electrons. The molecule has 1 atom stereocenters. The van der Waals surface area contributed by atoms with Gasteiger partial charge in [-0.25, -0.2) is 0 Å². The molecule has 148 valence electrons. The third-order valence-corrected chi connectivity index (χ3v) is 4.55. The highest BCUT2D eigenvalue weighted by Crippen LogP contribution is 2.28. The van der Waals surface area contributed by atoms with Crippen LogP contribution in [0.4, 0.5) is 0 Å². The number of Topliss-reactive ketones (excluding diaryl/α,β-unsaturated/α-hetero) is 1. The second-order valence-corrected chi connectivity index (χ2v) is 6.53. The van der Waals surface area contributed by atoms with Gasteiger partial charge in [0.05, 0.1) is 19.8 Å². The van der Waals surface area contributed by atoms with Crippen LogP contribution in [0.2, 0.25) is 0 Å². The van der Waals surface area contributed by atoms with E-state index in [4.69, 9.17) is 9.47 Å². The Balaban J connectivity index is 2.08. The number of ketones is 1. The number of benzene rings is 2. The number of aryl methyl sites for hydroxylation is 1. The topological polar surface area (TPSA) is 55.8 Å². The molecule has 1 unspecified atom stereocenters. The van der Waals surface area contributed by atoms with Gasteiger partial charge in [-0.3, -0.25) is 9.59 Å². The number of hydrogen-bond acceptors (Lipinski definition) is 4. The molecule has 0 aliphatic heterocycles. The lowest BCUT2D eigenvalue weighted by atomic mass is 10.0. The lowest BCUT2D eigenvalue weighted by molar-refractivity contribution is -0.125. The fourth-order valence-electron chi connectivity index (χ4n) is 2.67. The van der Waals surface area contributed by atoms with Gasteiger partial charge >= 0.3 is 0 Å². The van der Waals surface area contributed by atoms with Gasteiger partial charge in [0.1, 0.15) is 0 Å². The summed E-state index contributed by atoms with van der Waals surface area (Å²) < 4.78 is 10.8. The van der Waals surface area contributed by atoms with E-state index < -0.39 is 6.04 Å². The molecular formula is C23H27NO4. The smallest absolute Gasteiger partial charge is 0.246 e. The van der Waals surface area contributed by atoms with Gasteiger partial charge in [0.2, 0.25) is 5.91 Å². The van der Waals surface area contributed by atoms with Gasteiger partial charge in [0.25, 0.3) is 0 Å². The van der Waals surface area contributed by atoms with Crippen molar-refractivity contribution in [2.75, 3.05) is 20.8 Å². The largest absolute Gasteiger partial charge is 0.493 e. The molecule has 0 fully saturated rings. The van der Waals surface area contributed by atoms with Crippen LogP contribution in [-0.2, 0) is 4.79 Å². The number of rotatable bonds is 8. The van der Waals surface area contributed by atoms with Gasteiger partial charge in [-0.15, -0.1) is 0 Å². The fraction of sp³-hybridized carbons (Fsp3) is 0.304. The van der Waals surface area contributed by atoms with Crippen molar-refractivity contribution in [1.82, 2.24) is 4.90 Å². The highest BCUT2D eigenvalue weighted by Gasteiger charge is 2.22. The number of likely N-dealkylation sites (N-methyl/N-ethyl adjacent to an activating group) is 1. The van der Waals surface area contributed by atoms with E-state index in [1.165, 1.54) is 11.0 Å². The molecule has 0 heterocycles. The van der Waals surface area contributed by atoms with Crippen LogP contribution in [0, 0.1) is 6.92 Å². The van der Waals surface area contributed by atoms with Gasteiger partial charge in [0, 0.05) is 18.7 Å². The number of amides is 1. The maximum absolute atomic E-state index is 12.6. The predicted molar refractivity (Wildman–Crippen MR) is 111 cm³/mol. The Morgan fingerprint density at radius 3 is 2.39 bits per heavy atom. The lowest BCUT2D eigenvalue weighted by Gasteiger charge is -2.22. The zero-order chi connectivity index (χ0) is 20.7. The molecule has 0 saturated carbocycles. The Morgan fingerprint density at radius 2 is 1.79 bits per heavy atom. The first kappa shape index (κ1) is 21.2. The molecule has 2 aromatic rings. The molecule has 0 saturated heterocycles. The number of ether oxygens (including phenoxy) is 2. The van der Waals surface area contributed by atoms with E-state index in [1.807, 2.05) is 32.0 Å². The van der Waals surface area contributed by atoms with Crippen LogP contribution in [0.3, 0.4) is 0 Å². The fourth-order valence-corrected chi connectivity index (χ4v) is 2.67. The van der Waals surface area contributed by atoms with E-state index in [2.05, 4.69) is 0 Å². The van der Waals surface area contributed by atoms with Crippen molar-refractivity contribution in [2.24, 2.45) is 0 Å². The predicted octanol–water partition coefficient (Wildman–Crippen LogP) is 4.15. The molecule has 5 heteroatoms. The van der Waals surface area contributed by atoms with Gasteiger partial charge in [-0.05, 0) is 44.5 Å². The quantitative estimate of drug-likeness (QED) is 0.509. The molecule has 28 heavy (non-hydrogen) atoms. The monoisotopic (exact) mass is 381 g/mol. The number of methoxy groups -OCH3 is 1. The SMILES string of the molecule is CCOc1ccc(/C=C/C(=O)N(C)C(C)C(=O)c2ccc(C)cc2)cc1OC. The summed E-state index contributed by atoms with van der Waals surface area (Å²) in [4.78, 5) is 26.5. The van der Waals surface area contributed by atoms with Crippen molar-refractivity contribution in [3.8, 4) is 11.5 Å². The Bertz CT molecular complexity index is 855. The van der Waals surface area contributed by atoms with E-state index in [9.17, 15) is 9.59 Å². The number of carbonyl (C=O) groups is 2. The zero-order valence-electron chi connectivity index (χ0n) is 17.1. The molecule has 0 aliphatic rings. The summed E-state index contributed by atoms with van der Waals surface area (Å²) in [5, 5.41) is 0. The summed E-state index contributed by atoms with van der Waals surface area (Å²) in [5.74, 6) is 0.920. The normalized spacial score (nSPS) is 11.9. The Morgan fingerprint density at radius 1 is 1.11 bits per heavy atom. The third kappa shape index (κ3) is 5.22. The summed E-state index contributed by atoms with van der Waals surface area (Å²) >= 11 is 0. The number of hydrogen-bond donors (Lipinski definition) is 0. The minimum Gasteiger partial charge on any atom is -0.493 e. The first-order chi connectivity index (χ1) is 13.4. The molecule has 0 aliphatic carbocycles. The van der Waals surface area contributed by atoms with Gasteiger partial charge < -0.3 is 14.4 Å². The van der Waals surface area contributed by atoms with Gasteiger partial charge in [-0.1, -0.05) is 35.9 Å². The van der Waals surface area contributed by atoms with Gasteiger partial charge in [0.15, 0.2) is 17.3 Å². The van der Waals surface area contributed by atoms with Crippen LogP contribution < -0.4 is 9.47 Å². The Labute approximate surface area is 166 Å². The van der Waals surface area contributed by atoms with Crippen molar-refractivity contribution in [2.45, 2.75) is 26.8 Å². The summed E-state index contributed by atoms with van der Waals surface area (Å²) in [5.41, 5.74) is 2.49. The summed E-state index contributed by atoms with van der Waals surface area (Å²) in [7, 11) is 3.20. The molecule has 2 aromatic carbocycles. The van der Waals surface area contributed by atoms with Crippen LogP contribution in [0.5, 0.6) is 11.5 Å². The molecule has 2 rings (SSSR count). The first-order valence-corrected chi connectivity index (χ1v) is 9.24. The molecule has 0 spiro atoms. The molecular weight excluding hydrogens is 354 g/mol. The van der Waals surface area contributed by atoms with E-state index in [-0.39, 0.29) is 11.7 Å². The summed E-state index contributed by atoms with van der Waals surface area (Å²) in [6, 6.07) is 12.2.